The molecule has 0 spiro atoms. The third-order valence-electron chi connectivity index (χ3n) is 4.04. The number of rotatable bonds is 5. The van der Waals surface area contributed by atoms with Crippen LogP contribution in [0.5, 0.6) is 0 Å². The van der Waals surface area contributed by atoms with Gasteiger partial charge in [0.25, 0.3) is 0 Å². The van der Waals surface area contributed by atoms with Gasteiger partial charge in [-0.05, 0) is 49.9 Å². The van der Waals surface area contributed by atoms with Gasteiger partial charge in [-0.3, -0.25) is 4.79 Å². The zero-order chi connectivity index (χ0) is 13.8. The van der Waals surface area contributed by atoms with Gasteiger partial charge < -0.3 is 10.0 Å². The highest BCUT2D eigenvalue weighted by Gasteiger charge is 2.27. The first kappa shape index (κ1) is 14.2. The number of anilines is 1. The molecular formula is C15H20ClNO2. The van der Waals surface area contributed by atoms with Crippen molar-refractivity contribution in [2.24, 2.45) is 5.92 Å². The number of carboxylic acid groups (broad SMARTS) is 1. The summed E-state index contributed by atoms with van der Waals surface area (Å²) in [5.41, 5.74) is 0.936. The molecule has 0 amide bonds. The predicted molar refractivity (Wildman–Crippen MR) is 77.9 cm³/mol. The summed E-state index contributed by atoms with van der Waals surface area (Å²) in [4.78, 5) is 13.1. The van der Waals surface area contributed by atoms with Crippen molar-refractivity contribution in [1.29, 1.82) is 0 Å². The van der Waals surface area contributed by atoms with Crippen molar-refractivity contribution in [1.82, 2.24) is 0 Å². The molecule has 1 saturated carbocycles. The maximum atomic E-state index is 11.1. The van der Waals surface area contributed by atoms with Crippen molar-refractivity contribution in [3.8, 4) is 0 Å². The van der Waals surface area contributed by atoms with Crippen molar-refractivity contribution >= 4 is 23.3 Å². The first-order valence-corrected chi connectivity index (χ1v) is 7.19. The van der Waals surface area contributed by atoms with Gasteiger partial charge in [0, 0.05) is 16.8 Å². The van der Waals surface area contributed by atoms with Crippen molar-refractivity contribution in [2.45, 2.75) is 38.6 Å². The summed E-state index contributed by atoms with van der Waals surface area (Å²) in [5.74, 6) is -0.199. The van der Waals surface area contributed by atoms with Gasteiger partial charge in [0.1, 0.15) is 6.54 Å². The highest BCUT2D eigenvalue weighted by molar-refractivity contribution is 6.30. The minimum Gasteiger partial charge on any atom is -0.480 e. The Morgan fingerprint density at radius 2 is 1.95 bits per heavy atom. The van der Waals surface area contributed by atoms with Gasteiger partial charge in [0.05, 0.1) is 0 Å². The molecule has 19 heavy (non-hydrogen) atoms. The Kier molecular flexibility index (Phi) is 4.70. The number of carbonyl (C=O) groups is 1. The lowest BCUT2D eigenvalue weighted by molar-refractivity contribution is -0.135. The SMILES string of the molecule is CC(C1CCCC1)N(CC(=O)O)c1ccc(Cl)cc1. The summed E-state index contributed by atoms with van der Waals surface area (Å²) in [6.07, 6.45) is 4.92. The molecule has 0 saturated heterocycles. The summed E-state index contributed by atoms with van der Waals surface area (Å²) in [7, 11) is 0. The number of benzene rings is 1. The minimum absolute atomic E-state index is 0.0410. The smallest absolute Gasteiger partial charge is 0.323 e. The van der Waals surface area contributed by atoms with E-state index in [1.54, 1.807) is 0 Å². The van der Waals surface area contributed by atoms with Crippen molar-refractivity contribution < 1.29 is 9.90 Å². The van der Waals surface area contributed by atoms with E-state index < -0.39 is 5.97 Å². The summed E-state index contributed by atoms with van der Waals surface area (Å²) in [6.45, 7) is 2.17. The van der Waals surface area contributed by atoms with E-state index in [4.69, 9.17) is 16.7 Å². The second-order valence-electron chi connectivity index (χ2n) is 5.28. The molecule has 1 aliphatic carbocycles. The molecule has 1 aliphatic rings. The van der Waals surface area contributed by atoms with Gasteiger partial charge >= 0.3 is 5.97 Å². The van der Waals surface area contributed by atoms with Crippen LogP contribution in [0.4, 0.5) is 5.69 Å². The molecule has 0 heterocycles. The predicted octanol–water partition coefficient (Wildman–Crippen LogP) is 3.81. The number of hydrogen-bond acceptors (Lipinski definition) is 2. The highest BCUT2D eigenvalue weighted by Crippen LogP contribution is 2.32. The minimum atomic E-state index is -0.792. The molecule has 1 atom stereocenters. The van der Waals surface area contributed by atoms with E-state index in [0.717, 1.165) is 5.69 Å². The third kappa shape index (κ3) is 3.63. The average molecular weight is 282 g/mol. The summed E-state index contributed by atoms with van der Waals surface area (Å²) in [6, 6.07) is 7.67. The topological polar surface area (TPSA) is 40.5 Å². The van der Waals surface area contributed by atoms with Gasteiger partial charge in [-0.25, -0.2) is 0 Å². The Labute approximate surface area is 119 Å². The van der Waals surface area contributed by atoms with Gasteiger partial charge in [-0.1, -0.05) is 24.4 Å². The first-order valence-electron chi connectivity index (χ1n) is 6.82. The monoisotopic (exact) mass is 281 g/mol. The fourth-order valence-electron chi connectivity index (χ4n) is 2.94. The first-order chi connectivity index (χ1) is 9.08. The lowest BCUT2D eigenvalue weighted by atomic mass is 9.97. The molecule has 1 N–H and O–H groups in total. The molecule has 3 nitrogen and oxygen atoms in total. The van der Waals surface area contributed by atoms with Crippen LogP contribution in [0, 0.1) is 5.92 Å². The lowest BCUT2D eigenvalue weighted by Gasteiger charge is -2.34. The number of halogens is 1. The van der Waals surface area contributed by atoms with E-state index in [9.17, 15) is 4.79 Å². The van der Waals surface area contributed by atoms with Crippen LogP contribution in [-0.2, 0) is 4.79 Å². The Bertz CT molecular complexity index is 426. The van der Waals surface area contributed by atoms with Gasteiger partial charge in [0.2, 0.25) is 0 Å². The second-order valence-corrected chi connectivity index (χ2v) is 5.72. The zero-order valence-electron chi connectivity index (χ0n) is 11.2. The van der Waals surface area contributed by atoms with Crippen LogP contribution in [0.3, 0.4) is 0 Å². The Balaban J connectivity index is 2.18. The molecule has 4 heteroatoms. The number of carboxylic acids is 1. The fourth-order valence-corrected chi connectivity index (χ4v) is 3.07. The highest BCUT2D eigenvalue weighted by atomic mass is 35.5. The van der Waals surface area contributed by atoms with Crippen LogP contribution in [0.25, 0.3) is 0 Å². The fraction of sp³-hybridized carbons (Fsp3) is 0.533. The Hall–Kier alpha value is -1.22. The maximum absolute atomic E-state index is 11.1. The molecule has 1 aromatic carbocycles. The molecular weight excluding hydrogens is 262 g/mol. The van der Waals surface area contributed by atoms with E-state index >= 15 is 0 Å². The standard InChI is InChI=1S/C15H20ClNO2/c1-11(12-4-2-3-5-12)17(10-15(18)19)14-8-6-13(16)7-9-14/h6-9,11-12H,2-5,10H2,1H3,(H,18,19). The molecule has 0 radical (unpaired) electrons. The quantitative estimate of drug-likeness (QED) is 0.892. The third-order valence-corrected chi connectivity index (χ3v) is 4.29. The summed E-state index contributed by atoms with van der Waals surface area (Å²) < 4.78 is 0. The maximum Gasteiger partial charge on any atom is 0.323 e. The summed E-state index contributed by atoms with van der Waals surface area (Å²) in [5, 5.41) is 9.80. The molecule has 104 valence electrons. The van der Waals surface area contributed by atoms with Crippen LogP contribution >= 0.6 is 11.6 Å². The van der Waals surface area contributed by atoms with Gasteiger partial charge in [0.15, 0.2) is 0 Å². The average Bonchev–Trinajstić information content (AvgIpc) is 2.90. The zero-order valence-corrected chi connectivity index (χ0v) is 11.9. The van der Waals surface area contributed by atoms with Crippen LogP contribution in [0.2, 0.25) is 5.02 Å². The molecule has 0 bridgehead atoms. The second kappa shape index (κ2) is 6.29. The molecule has 0 aliphatic heterocycles. The Morgan fingerprint density at radius 1 is 1.37 bits per heavy atom. The number of aliphatic carboxylic acids is 1. The van der Waals surface area contributed by atoms with E-state index in [-0.39, 0.29) is 12.6 Å². The van der Waals surface area contributed by atoms with Gasteiger partial charge in [-0.2, -0.15) is 0 Å². The van der Waals surface area contributed by atoms with Crippen LogP contribution in [-0.4, -0.2) is 23.7 Å². The molecule has 0 aromatic heterocycles. The number of nitrogens with zero attached hydrogens (tertiary/aromatic N) is 1. The van der Waals surface area contributed by atoms with Crippen molar-refractivity contribution in [3.05, 3.63) is 29.3 Å². The lowest BCUT2D eigenvalue weighted by Crippen LogP contribution is -2.41. The molecule has 1 unspecified atom stereocenters. The van der Waals surface area contributed by atoms with E-state index in [0.29, 0.717) is 10.9 Å². The normalized spacial score (nSPS) is 17.4. The summed E-state index contributed by atoms with van der Waals surface area (Å²) >= 11 is 5.89. The van der Waals surface area contributed by atoms with Crippen LogP contribution in [0.15, 0.2) is 24.3 Å². The van der Waals surface area contributed by atoms with Crippen molar-refractivity contribution in [2.75, 3.05) is 11.4 Å². The van der Waals surface area contributed by atoms with Crippen LogP contribution in [0.1, 0.15) is 32.6 Å². The van der Waals surface area contributed by atoms with Crippen molar-refractivity contribution in [3.63, 3.8) is 0 Å². The van der Waals surface area contributed by atoms with E-state index in [2.05, 4.69) is 6.92 Å². The largest absolute Gasteiger partial charge is 0.480 e. The Morgan fingerprint density at radius 3 is 2.47 bits per heavy atom. The molecule has 1 aromatic rings. The molecule has 1 fully saturated rings. The van der Waals surface area contributed by atoms with E-state index in [1.165, 1.54) is 25.7 Å². The van der Waals surface area contributed by atoms with Gasteiger partial charge in [-0.15, -0.1) is 0 Å². The number of hydrogen-bond donors (Lipinski definition) is 1. The molecule has 2 rings (SSSR count). The van der Waals surface area contributed by atoms with Crippen LogP contribution < -0.4 is 4.90 Å². The van der Waals surface area contributed by atoms with E-state index in [1.807, 2.05) is 29.2 Å².